The summed E-state index contributed by atoms with van der Waals surface area (Å²) >= 11 is 0. The van der Waals surface area contributed by atoms with Crippen molar-refractivity contribution in [1.29, 1.82) is 0 Å². The Morgan fingerprint density at radius 3 is 2.14 bits per heavy atom. The predicted molar refractivity (Wildman–Crippen MR) is 85.6 cm³/mol. The maximum absolute atomic E-state index is 11.8. The van der Waals surface area contributed by atoms with Crippen molar-refractivity contribution in [2.45, 2.75) is 32.7 Å². The lowest BCUT2D eigenvalue weighted by molar-refractivity contribution is -0.142. The maximum atomic E-state index is 11.8. The summed E-state index contributed by atoms with van der Waals surface area (Å²) in [6.45, 7) is 5.77. The molecule has 0 fully saturated rings. The Bertz CT molecular complexity index is 617. The van der Waals surface area contributed by atoms with Crippen LogP contribution in [-0.4, -0.2) is 11.1 Å². The van der Waals surface area contributed by atoms with Gasteiger partial charge in [-0.1, -0.05) is 48.9 Å². The van der Waals surface area contributed by atoms with Gasteiger partial charge in [-0.05, 0) is 43.5 Å². The van der Waals surface area contributed by atoms with Gasteiger partial charge in [-0.2, -0.15) is 0 Å². The van der Waals surface area contributed by atoms with Gasteiger partial charge in [-0.15, -0.1) is 0 Å². The predicted octanol–water partition coefficient (Wildman–Crippen LogP) is 3.97. The average molecular weight is 283 g/mol. The molecule has 0 amide bonds. The molecule has 0 aliphatic carbocycles. The fourth-order valence-corrected chi connectivity index (χ4v) is 2.25. The van der Waals surface area contributed by atoms with E-state index in [0.29, 0.717) is 0 Å². The second-order valence-electron chi connectivity index (χ2n) is 5.47. The third kappa shape index (κ3) is 3.24. The first kappa shape index (κ1) is 15.1. The topological polar surface area (TPSA) is 49.3 Å². The molecule has 2 N–H and O–H groups in total. The van der Waals surface area contributed by atoms with E-state index in [1.807, 2.05) is 55.5 Å². The van der Waals surface area contributed by atoms with Crippen LogP contribution in [0.1, 0.15) is 30.5 Å². The number of aryl methyl sites for hydroxylation is 2. The molecule has 0 heterocycles. The molecule has 0 aromatic heterocycles. The van der Waals surface area contributed by atoms with E-state index in [1.54, 1.807) is 6.92 Å². The standard InChI is InChI=1S/C18H21NO2/c1-4-14-7-9-15(10-8-14)18(3,17(20)21)19-16-11-5-13(2)6-12-16/h5-12,19H,4H2,1-3H3,(H,20,21). The van der Waals surface area contributed by atoms with E-state index in [9.17, 15) is 9.90 Å². The van der Waals surface area contributed by atoms with Crippen molar-refractivity contribution in [2.24, 2.45) is 0 Å². The number of nitrogens with one attached hydrogen (secondary N) is 1. The molecule has 1 unspecified atom stereocenters. The van der Waals surface area contributed by atoms with Gasteiger partial charge in [0, 0.05) is 5.69 Å². The van der Waals surface area contributed by atoms with E-state index in [2.05, 4.69) is 12.2 Å². The largest absolute Gasteiger partial charge is 0.479 e. The first-order chi connectivity index (χ1) is 9.95. The Hall–Kier alpha value is -2.29. The van der Waals surface area contributed by atoms with Crippen molar-refractivity contribution in [3.05, 3.63) is 65.2 Å². The highest BCUT2D eigenvalue weighted by molar-refractivity contribution is 5.84. The number of rotatable bonds is 5. The van der Waals surface area contributed by atoms with Crippen LogP contribution in [0.4, 0.5) is 5.69 Å². The van der Waals surface area contributed by atoms with Gasteiger partial charge in [0.1, 0.15) is 0 Å². The Morgan fingerprint density at radius 1 is 1.10 bits per heavy atom. The third-order valence-electron chi connectivity index (χ3n) is 3.81. The minimum atomic E-state index is -1.15. The summed E-state index contributed by atoms with van der Waals surface area (Å²) in [7, 11) is 0. The molecule has 2 aromatic rings. The number of anilines is 1. The van der Waals surface area contributed by atoms with Crippen molar-refractivity contribution in [1.82, 2.24) is 0 Å². The number of benzene rings is 2. The van der Waals surface area contributed by atoms with Crippen LogP contribution in [0.15, 0.2) is 48.5 Å². The highest BCUT2D eigenvalue weighted by Crippen LogP contribution is 2.27. The van der Waals surface area contributed by atoms with Gasteiger partial charge in [0.15, 0.2) is 5.54 Å². The highest BCUT2D eigenvalue weighted by Gasteiger charge is 2.35. The van der Waals surface area contributed by atoms with E-state index >= 15 is 0 Å². The Balaban J connectivity index is 2.34. The van der Waals surface area contributed by atoms with E-state index in [4.69, 9.17) is 0 Å². The summed E-state index contributed by atoms with van der Waals surface area (Å²) in [5.74, 6) is -0.896. The van der Waals surface area contributed by atoms with Gasteiger partial charge in [0.2, 0.25) is 0 Å². The molecule has 0 radical (unpaired) electrons. The quantitative estimate of drug-likeness (QED) is 0.873. The minimum Gasteiger partial charge on any atom is -0.479 e. The monoisotopic (exact) mass is 283 g/mol. The molecular weight excluding hydrogens is 262 g/mol. The molecular formula is C18H21NO2. The number of carboxylic acid groups (broad SMARTS) is 1. The van der Waals surface area contributed by atoms with Gasteiger partial charge >= 0.3 is 5.97 Å². The highest BCUT2D eigenvalue weighted by atomic mass is 16.4. The van der Waals surface area contributed by atoms with Gasteiger partial charge in [0.25, 0.3) is 0 Å². The Labute approximate surface area is 125 Å². The molecule has 0 saturated heterocycles. The lowest BCUT2D eigenvalue weighted by atomic mass is 9.90. The number of carbonyl (C=O) groups is 1. The molecule has 21 heavy (non-hydrogen) atoms. The summed E-state index contributed by atoms with van der Waals surface area (Å²) in [6, 6.07) is 15.5. The van der Waals surface area contributed by atoms with Crippen molar-refractivity contribution in [3.63, 3.8) is 0 Å². The van der Waals surface area contributed by atoms with E-state index in [-0.39, 0.29) is 0 Å². The third-order valence-corrected chi connectivity index (χ3v) is 3.81. The first-order valence-electron chi connectivity index (χ1n) is 7.13. The second-order valence-corrected chi connectivity index (χ2v) is 5.47. The minimum absolute atomic E-state index is 0.743. The molecule has 0 aliphatic heterocycles. The van der Waals surface area contributed by atoms with Crippen LogP contribution >= 0.6 is 0 Å². The molecule has 0 bridgehead atoms. The summed E-state index contributed by atoms with van der Waals surface area (Å²) in [5, 5.41) is 12.8. The van der Waals surface area contributed by atoms with Crippen LogP contribution in [0.2, 0.25) is 0 Å². The molecule has 2 aromatic carbocycles. The van der Waals surface area contributed by atoms with Crippen LogP contribution < -0.4 is 5.32 Å². The zero-order valence-corrected chi connectivity index (χ0v) is 12.7. The molecule has 0 spiro atoms. The number of hydrogen-bond acceptors (Lipinski definition) is 2. The van der Waals surface area contributed by atoms with E-state index < -0.39 is 11.5 Å². The average Bonchev–Trinajstić information content (AvgIpc) is 2.49. The van der Waals surface area contributed by atoms with E-state index in [1.165, 1.54) is 5.56 Å². The van der Waals surface area contributed by atoms with E-state index in [0.717, 1.165) is 23.2 Å². The number of aliphatic carboxylic acids is 1. The van der Waals surface area contributed by atoms with Gasteiger partial charge in [0.05, 0.1) is 0 Å². The van der Waals surface area contributed by atoms with Gasteiger partial charge in [-0.25, -0.2) is 4.79 Å². The summed E-state index contributed by atoms with van der Waals surface area (Å²) in [6.07, 6.45) is 0.940. The van der Waals surface area contributed by atoms with Crippen LogP contribution in [0.3, 0.4) is 0 Å². The molecule has 3 nitrogen and oxygen atoms in total. The Morgan fingerprint density at radius 2 is 1.67 bits per heavy atom. The second kappa shape index (κ2) is 6.00. The zero-order valence-electron chi connectivity index (χ0n) is 12.7. The van der Waals surface area contributed by atoms with Crippen LogP contribution in [-0.2, 0) is 16.8 Å². The normalized spacial score (nSPS) is 13.5. The smallest absolute Gasteiger partial charge is 0.333 e. The van der Waals surface area contributed by atoms with Crippen molar-refractivity contribution < 1.29 is 9.90 Å². The molecule has 2 rings (SSSR count). The lowest BCUT2D eigenvalue weighted by Crippen LogP contribution is -2.40. The molecule has 1 atom stereocenters. The van der Waals surface area contributed by atoms with Crippen LogP contribution in [0, 0.1) is 6.92 Å². The van der Waals surface area contributed by atoms with Crippen LogP contribution in [0.25, 0.3) is 0 Å². The lowest BCUT2D eigenvalue weighted by Gasteiger charge is -2.28. The fourth-order valence-electron chi connectivity index (χ4n) is 2.25. The molecule has 0 aliphatic rings. The van der Waals surface area contributed by atoms with Crippen molar-refractivity contribution >= 4 is 11.7 Å². The van der Waals surface area contributed by atoms with Gasteiger partial charge in [-0.3, -0.25) is 0 Å². The number of hydrogen-bond donors (Lipinski definition) is 2. The fraction of sp³-hybridized carbons (Fsp3) is 0.278. The van der Waals surface area contributed by atoms with Gasteiger partial charge < -0.3 is 10.4 Å². The number of carboxylic acids is 1. The zero-order chi connectivity index (χ0) is 15.5. The molecule has 110 valence electrons. The Kier molecular flexibility index (Phi) is 4.32. The first-order valence-corrected chi connectivity index (χ1v) is 7.13. The molecule has 0 saturated carbocycles. The molecule has 3 heteroatoms. The summed E-state index contributed by atoms with van der Waals surface area (Å²) < 4.78 is 0. The van der Waals surface area contributed by atoms with Crippen molar-refractivity contribution in [3.8, 4) is 0 Å². The maximum Gasteiger partial charge on any atom is 0.333 e. The summed E-state index contributed by atoms with van der Waals surface area (Å²) in [5.41, 5.74) is 2.73. The van der Waals surface area contributed by atoms with Crippen molar-refractivity contribution in [2.75, 3.05) is 5.32 Å². The SMILES string of the molecule is CCc1ccc(C(C)(Nc2ccc(C)cc2)C(=O)O)cc1. The van der Waals surface area contributed by atoms with Crippen LogP contribution in [0.5, 0.6) is 0 Å². The summed E-state index contributed by atoms with van der Waals surface area (Å²) in [4.78, 5) is 11.8.